The zero-order valence-electron chi connectivity index (χ0n) is 32.0. The summed E-state index contributed by atoms with van der Waals surface area (Å²) in [5.41, 5.74) is 12.2. The third-order valence-electron chi connectivity index (χ3n) is 12.0. The van der Waals surface area contributed by atoms with Crippen LogP contribution in [-0.2, 0) is 0 Å². The second kappa shape index (κ2) is 14.4. The summed E-state index contributed by atoms with van der Waals surface area (Å²) in [7, 11) is 0. The van der Waals surface area contributed by atoms with Gasteiger partial charge < -0.3 is 10.6 Å². The Morgan fingerprint density at radius 3 is 1.74 bits per heavy atom. The summed E-state index contributed by atoms with van der Waals surface area (Å²) >= 11 is 0. The summed E-state index contributed by atoms with van der Waals surface area (Å²) in [6.07, 6.45) is 8.48. The van der Waals surface area contributed by atoms with E-state index in [2.05, 4.69) is 216 Å². The van der Waals surface area contributed by atoms with Gasteiger partial charge in [0.1, 0.15) is 6.17 Å². The van der Waals surface area contributed by atoms with E-state index in [4.69, 9.17) is 0 Å². The number of benzene rings is 9. The molecule has 2 aliphatic heterocycles. The van der Waals surface area contributed by atoms with Gasteiger partial charge in [0.15, 0.2) is 0 Å². The summed E-state index contributed by atoms with van der Waals surface area (Å²) in [4.78, 5) is 0. The lowest BCUT2D eigenvalue weighted by molar-refractivity contribution is 0.443. The Hall–Kier alpha value is -7.20. The molecule has 0 aromatic heterocycles. The number of nitrogens with one attached hydrogen (secondary N) is 3. The average molecular weight is 744 g/mol. The van der Waals surface area contributed by atoms with E-state index in [0.717, 1.165) is 12.2 Å². The summed E-state index contributed by atoms with van der Waals surface area (Å²) in [5.74, 6) is 0. The van der Waals surface area contributed by atoms with E-state index in [0.29, 0.717) is 0 Å². The summed E-state index contributed by atoms with van der Waals surface area (Å²) in [5, 5.41) is 21.4. The Bertz CT molecular complexity index is 3060. The van der Waals surface area contributed by atoms with Gasteiger partial charge in [-0.25, -0.2) is 0 Å². The minimum Gasteiger partial charge on any atom is -0.387 e. The molecule has 3 heteroatoms. The van der Waals surface area contributed by atoms with Crippen LogP contribution in [-0.4, -0.2) is 6.54 Å². The molecule has 276 valence electrons. The van der Waals surface area contributed by atoms with Crippen LogP contribution < -0.4 is 16.0 Å². The topological polar surface area (TPSA) is 36.1 Å². The van der Waals surface area contributed by atoms with Crippen LogP contribution in [0.4, 0.5) is 0 Å². The van der Waals surface area contributed by atoms with Crippen molar-refractivity contribution in [1.29, 1.82) is 0 Å². The highest BCUT2D eigenvalue weighted by Crippen LogP contribution is 2.44. The minimum atomic E-state index is -0.161. The number of allylic oxidation sites excluding steroid dienone is 2. The van der Waals surface area contributed by atoms with Crippen molar-refractivity contribution in [2.75, 3.05) is 6.54 Å². The lowest BCUT2D eigenvalue weighted by atomic mass is 9.85. The predicted molar refractivity (Wildman–Crippen MR) is 245 cm³/mol. The molecular formula is C55H41N3. The Morgan fingerprint density at radius 1 is 0.448 bits per heavy atom. The third kappa shape index (κ3) is 5.96. The molecule has 0 radical (unpaired) electrons. The zero-order chi connectivity index (χ0) is 38.4. The molecule has 0 bridgehead atoms. The number of rotatable bonds is 6. The summed E-state index contributed by atoms with van der Waals surface area (Å²) in [6.45, 7) is 0.832. The number of hydrogen-bond donors (Lipinski definition) is 3. The van der Waals surface area contributed by atoms with Gasteiger partial charge in [-0.1, -0.05) is 176 Å². The van der Waals surface area contributed by atoms with Crippen molar-refractivity contribution < 1.29 is 0 Å². The average Bonchev–Trinajstić information content (AvgIpc) is 3.31. The van der Waals surface area contributed by atoms with Crippen molar-refractivity contribution >= 4 is 54.4 Å². The highest BCUT2D eigenvalue weighted by atomic mass is 15.2. The van der Waals surface area contributed by atoms with E-state index in [1.807, 2.05) is 6.20 Å². The largest absolute Gasteiger partial charge is 0.387 e. The number of hydrogen-bond acceptors (Lipinski definition) is 3. The van der Waals surface area contributed by atoms with E-state index in [1.54, 1.807) is 0 Å². The van der Waals surface area contributed by atoms with E-state index in [1.165, 1.54) is 93.2 Å². The van der Waals surface area contributed by atoms with Crippen LogP contribution >= 0.6 is 0 Å². The van der Waals surface area contributed by atoms with Crippen molar-refractivity contribution in [3.8, 4) is 22.3 Å². The zero-order valence-corrected chi connectivity index (χ0v) is 32.0. The van der Waals surface area contributed by atoms with Crippen molar-refractivity contribution in [3.05, 3.63) is 229 Å². The second-order valence-electron chi connectivity index (χ2n) is 15.4. The first kappa shape index (κ1) is 34.1. The fourth-order valence-electron chi connectivity index (χ4n) is 9.25. The molecule has 9 aromatic carbocycles. The molecule has 11 rings (SSSR count). The van der Waals surface area contributed by atoms with Crippen molar-refractivity contribution in [2.24, 2.45) is 0 Å². The smallest absolute Gasteiger partial charge is 0.104 e. The Kier molecular flexibility index (Phi) is 8.45. The number of fused-ring (bicyclic) bond motifs is 5. The molecule has 0 saturated heterocycles. The van der Waals surface area contributed by atoms with Crippen LogP contribution in [0.3, 0.4) is 0 Å². The fourth-order valence-corrected chi connectivity index (χ4v) is 9.25. The van der Waals surface area contributed by atoms with Crippen LogP contribution in [0, 0.1) is 0 Å². The highest BCUT2D eigenvalue weighted by molar-refractivity contribution is 6.21. The van der Waals surface area contributed by atoms with Crippen molar-refractivity contribution in [1.82, 2.24) is 16.0 Å². The fraction of sp³-hybridized carbons (Fsp3) is 0.0545. The maximum atomic E-state index is 4.03. The lowest BCUT2D eigenvalue weighted by Crippen LogP contribution is -2.39. The second-order valence-corrected chi connectivity index (χ2v) is 15.4. The minimum absolute atomic E-state index is 0.0330. The van der Waals surface area contributed by atoms with Gasteiger partial charge in [-0.2, -0.15) is 0 Å². The highest BCUT2D eigenvalue weighted by Gasteiger charge is 2.26. The molecule has 0 aliphatic carbocycles. The SMILES string of the molecule is C1=CNCC(c2ccc(C3C=C(c4cc5ccccc5c5ccccc45)NC(c4cccc(-c5c6ccccc6c(-c6ccccc6)c6ccccc56)c4)N3)cc2)=C1. The van der Waals surface area contributed by atoms with Gasteiger partial charge in [-0.15, -0.1) is 0 Å². The van der Waals surface area contributed by atoms with E-state index >= 15 is 0 Å². The molecule has 2 heterocycles. The molecule has 3 N–H and O–H groups in total. The molecule has 0 saturated carbocycles. The summed E-state index contributed by atoms with van der Waals surface area (Å²) < 4.78 is 0. The van der Waals surface area contributed by atoms with Crippen LogP contribution in [0.15, 0.2) is 206 Å². The maximum absolute atomic E-state index is 4.03. The molecule has 2 unspecified atom stereocenters. The molecular weight excluding hydrogens is 703 g/mol. The van der Waals surface area contributed by atoms with Crippen molar-refractivity contribution in [2.45, 2.75) is 12.2 Å². The molecule has 0 spiro atoms. The van der Waals surface area contributed by atoms with Gasteiger partial charge >= 0.3 is 0 Å². The van der Waals surface area contributed by atoms with Crippen molar-refractivity contribution in [3.63, 3.8) is 0 Å². The normalized spacial score (nSPS) is 16.6. The lowest BCUT2D eigenvalue weighted by Gasteiger charge is -2.34. The Labute approximate surface area is 338 Å². The monoisotopic (exact) mass is 743 g/mol. The van der Waals surface area contributed by atoms with E-state index < -0.39 is 0 Å². The molecule has 58 heavy (non-hydrogen) atoms. The Morgan fingerprint density at radius 2 is 1.05 bits per heavy atom. The molecule has 2 atom stereocenters. The first-order chi connectivity index (χ1) is 28.8. The first-order valence-corrected chi connectivity index (χ1v) is 20.2. The first-order valence-electron chi connectivity index (χ1n) is 20.2. The predicted octanol–water partition coefficient (Wildman–Crippen LogP) is 13.1. The molecule has 2 aliphatic rings. The van der Waals surface area contributed by atoms with Crippen LogP contribution in [0.5, 0.6) is 0 Å². The van der Waals surface area contributed by atoms with E-state index in [-0.39, 0.29) is 12.2 Å². The van der Waals surface area contributed by atoms with E-state index in [9.17, 15) is 0 Å². The third-order valence-corrected chi connectivity index (χ3v) is 12.0. The van der Waals surface area contributed by atoms with Gasteiger partial charge in [-0.3, -0.25) is 5.32 Å². The van der Waals surface area contributed by atoms with Gasteiger partial charge in [0.25, 0.3) is 0 Å². The van der Waals surface area contributed by atoms with Gasteiger partial charge in [0.2, 0.25) is 0 Å². The Balaban J connectivity index is 1.06. The molecule has 0 fully saturated rings. The van der Waals surface area contributed by atoms with Crippen LogP contribution in [0.1, 0.15) is 34.5 Å². The summed E-state index contributed by atoms with van der Waals surface area (Å²) in [6, 6.07) is 66.7. The van der Waals surface area contributed by atoms with Crippen LogP contribution in [0.25, 0.3) is 76.6 Å². The standard InChI is InChI=1S/C55H41N3/c1-2-14-38(15-3-1)53-46-23-8-10-25-48(46)54(49-26-11-9-24-47(49)53)40-17-12-18-41(32-40)55-57-51(37-29-27-36(28-30-37)42-19-13-31-56-35-42)34-52(58-55)50-33-39-16-4-5-20-43(39)44-21-6-7-22-45(44)50/h1-34,51,55-58H,35H2. The number of dihydropyridines is 1. The molecule has 3 nitrogen and oxygen atoms in total. The quantitative estimate of drug-likeness (QED) is 0.117. The molecule has 9 aromatic rings. The maximum Gasteiger partial charge on any atom is 0.104 e. The van der Waals surface area contributed by atoms with Gasteiger partial charge in [0, 0.05) is 17.8 Å². The van der Waals surface area contributed by atoms with Gasteiger partial charge in [-0.05, 0) is 118 Å². The van der Waals surface area contributed by atoms with Gasteiger partial charge in [0.05, 0.1) is 6.04 Å². The van der Waals surface area contributed by atoms with Crippen LogP contribution in [0.2, 0.25) is 0 Å². The molecule has 0 amide bonds.